The molecule has 0 spiro atoms. The van der Waals surface area contributed by atoms with E-state index in [4.69, 9.17) is 9.47 Å². The van der Waals surface area contributed by atoms with Crippen LogP contribution >= 0.6 is 0 Å². The third-order valence-electron chi connectivity index (χ3n) is 3.61. The van der Waals surface area contributed by atoms with Gasteiger partial charge >= 0.3 is 17.9 Å². The minimum Gasteiger partial charge on any atom is -0.480 e. The number of benzene rings is 1. The summed E-state index contributed by atoms with van der Waals surface area (Å²) in [6, 6.07) is 1.01. The Labute approximate surface area is 159 Å². The van der Waals surface area contributed by atoms with Crippen molar-refractivity contribution in [1.82, 2.24) is 5.32 Å². The van der Waals surface area contributed by atoms with Crippen molar-refractivity contribution in [3.8, 4) is 0 Å². The molecule has 1 rings (SSSR count). The number of carboxylic acids is 1. The Hall–Kier alpha value is -3.04. The standard InChI is InChI=1S/C18H21F2NO7/c1-3-27-15(23)9-11(18(26)28-4-2)16(17(24)25)21-14(22)8-10-5-6-12(19)13(20)7-10/h5-7,11,16H,3-4,8-9H2,1-2H3,(H,21,22)(H,24,25)/t11-,16+/m0/s1. The number of carbonyl (C=O) groups excluding carboxylic acids is 3. The highest BCUT2D eigenvalue weighted by molar-refractivity contribution is 5.91. The first-order valence-electron chi connectivity index (χ1n) is 8.47. The fourth-order valence-corrected chi connectivity index (χ4v) is 2.38. The number of carboxylic acid groups (broad SMARTS) is 1. The van der Waals surface area contributed by atoms with Crippen LogP contribution in [0.25, 0.3) is 0 Å². The van der Waals surface area contributed by atoms with E-state index in [1.54, 1.807) is 0 Å². The van der Waals surface area contributed by atoms with Crippen LogP contribution in [0, 0.1) is 17.6 Å². The monoisotopic (exact) mass is 401 g/mol. The number of amides is 1. The van der Waals surface area contributed by atoms with Crippen LogP contribution in [0.3, 0.4) is 0 Å². The Morgan fingerprint density at radius 2 is 1.71 bits per heavy atom. The van der Waals surface area contributed by atoms with E-state index in [-0.39, 0.29) is 18.8 Å². The summed E-state index contributed by atoms with van der Waals surface area (Å²) in [6.45, 7) is 2.99. The fraction of sp³-hybridized carbons (Fsp3) is 0.444. The lowest BCUT2D eigenvalue weighted by Crippen LogP contribution is -2.50. The minimum absolute atomic E-state index is 0.0224. The number of nitrogens with one attached hydrogen (secondary N) is 1. The van der Waals surface area contributed by atoms with Gasteiger partial charge in [0.15, 0.2) is 11.6 Å². The first-order chi connectivity index (χ1) is 13.2. The minimum atomic E-state index is -1.78. The zero-order valence-corrected chi connectivity index (χ0v) is 15.4. The molecule has 0 saturated carbocycles. The molecule has 0 aliphatic rings. The summed E-state index contributed by atoms with van der Waals surface area (Å²) in [5, 5.41) is 11.5. The van der Waals surface area contributed by atoms with Crippen LogP contribution in [0.2, 0.25) is 0 Å². The van der Waals surface area contributed by atoms with Gasteiger partial charge in [-0.3, -0.25) is 14.4 Å². The van der Waals surface area contributed by atoms with E-state index in [0.717, 1.165) is 18.2 Å². The van der Waals surface area contributed by atoms with Crippen LogP contribution in [0.1, 0.15) is 25.8 Å². The third-order valence-corrected chi connectivity index (χ3v) is 3.61. The molecular weight excluding hydrogens is 380 g/mol. The molecule has 0 radical (unpaired) electrons. The highest BCUT2D eigenvalue weighted by atomic mass is 19.2. The summed E-state index contributed by atoms with van der Waals surface area (Å²) in [7, 11) is 0. The van der Waals surface area contributed by atoms with Crippen LogP contribution in [0.15, 0.2) is 18.2 Å². The zero-order valence-electron chi connectivity index (χ0n) is 15.4. The van der Waals surface area contributed by atoms with Crippen molar-refractivity contribution in [2.75, 3.05) is 13.2 Å². The second kappa shape index (κ2) is 11.0. The van der Waals surface area contributed by atoms with Crippen LogP contribution in [0.5, 0.6) is 0 Å². The van der Waals surface area contributed by atoms with E-state index in [1.807, 2.05) is 0 Å². The molecule has 1 amide bonds. The number of halogens is 2. The fourth-order valence-electron chi connectivity index (χ4n) is 2.38. The second-order valence-corrected chi connectivity index (χ2v) is 5.68. The maximum Gasteiger partial charge on any atom is 0.327 e. The molecule has 0 aliphatic heterocycles. The summed E-state index contributed by atoms with van der Waals surface area (Å²) in [4.78, 5) is 47.6. The SMILES string of the molecule is CCOC(=O)C[C@H](C(=O)OCC)[C@@H](NC(=O)Cc1ccc(F)c(F)c1)C(=O)O. The molecule has 1 aromatic carbocycles. The third kappa shape index (κ3) is 6.93. The van der Waals surface area contributed by atoms with E-state index in [1.165, 1.54) is 13.8 Å². The van der Waals surface area contributed by atoms with Gasteiger partial charge in [-0.05, 0) is 31.5 Å². The van der Waals surface area contributed by atoms with Crippen molar-refractivity contribution < 1.29 is 42.5 Å². The Morgan fingerprint density at radius 3 is 2.25 bits per heavy atom. The lowest BCUT2D eigenvalue weighted by molar-refractivity contribution is -0.160. The quantitative estimate of drug-likeness (QED) is 0.566. The van der Waals surface area contributed by atoms with Gasteiger partial charge in [-0.15, -0.1) is 0 Å². The van der Waals surface area contributed by atoms with Crippen molar-refractivity contribution >= 4 is 23.8 Å². The van der Waals surface area contributed by atoms with Crippen molar-refractivity contribution in [1.29, 1.82) is 0 Å². The second-order valence-electron chi connectivity index (χ2n) is 5.68. The Bertz CT molecular complexity index is 739. The van der Waals surface area contributed by atoms with E-state index < -0.39 is 60.3 Å². The molecule has 0 bridgehead atoms. The summed E-state index contributed by atoms with van der Waals surface area (Å²) < 4.78 is 35.7. The Morgan fingerprint density at radius 1 is 1.07 bits per heavy atom. The highest BCUT2D eigenvalue weighted by Crippen LogP contribution is 2.15. The molecule has 0 heterocycles. The van der Waals surface area contributed by atoms with Crippen molar-refractivity contribution in [3.05, 3.63) is 35.4 Å². The van der Waals surface area contributed by atoms with Gasteiger partial charge in [-0.1, -0.05) is 6.07 Å². The summed E-state index contributed by atoms with van der Waals surface area (Å²) in [5.74, 6) is -8.03. The van der Waals surface area contributed by atoms with Gasteiger partial charge in [0.05, 0.1) is 32.0 Å². The first-order valence-corrected chi connectivity index (χ1v) is 8.47. The smallest absolute Gasteiger partial charge is 0.327 e. The molecule has 154 valence electrons. The van der Waals surface area contributed by atoms with Crippen molar-refractivity contribution in [2.24, 2.45) is 5.92 Å². The molecular formula is C18H21F2NO7. The van der Waals surface area contributed by atoms with Gasteiger partial charge in [-0.2, -0.15) is 0 Å². The molecule has 0 unspecified atom stereocenters. The van der Waals surface area contributed by atoms with Crippen LogP contribution in [-0.4, -0.2) is 48.2 Å². The number of aliphatic carboxylic acids is 1. The summed E-state index contributed by atoms with van der Waals surface area (Å²) >= 11 is 0. The highest BCUT2D eigenvalue weighted by Gasteiger charge is 2.38. The normalized spacial score (nSPS) is 12.6. The van der Waals surface area contributed by atoms with Gasteiger partial charge in [0.2, 0.25) is 5.91 Å². The zero-order chi connectivity index (χ0) is 21.3. The summed E-state index contributed by atoms with van der Waals surface area (Å²) in [6.07, 6.45) is -1.08. The molecule has 1 aromatic rings. The molecule has 0 saturated heterocycles. The largest absolute Gasteiger partial charge is 0.480 e. The van der Waals surface area contributed by atoms with Gasteiger partial charge < -0.3 is 19.9 Å². The molecule has 8 nitrogen and oxygen atoms in total. The number of rotatable bonds is 10. The van der Waals surface area contributed by atoms with E-state index in [9.17, 15) is 33.1 Å². The van der Waals surface area contributed by atoms with Gasteiger partial charge in [-0.25, -0.2) is 13.6 Å². The lowest BCUT2D eigenvalue weighted by atomic mass is 9.95. The molecule has 2 N–H and O–H groups in total. The van der Waals surface area contributed by atoms with E-state index in [2.05, 4.69) is 5.32 Å². The van der Waals surface area contributed by atoms with Crippen LogP contribution in [-0.2, 0) is 35.1 Å². The van der Waals surface area contributed by atoms with Gasteiger partial charge in [0.1, 0.15) is 6.04 Å². The van der Waals surface area contributed by atoms with Crippen molar-refractivity contribution in [3.63, 3.8) is 0 Å². The molecule has 28 heavy (non-hydrogen) atoms. The molecule has 0 fully saturated rings. The van der Waals surface area contributed by atoms with Gasteiger partial charge in [0, 0.05) is 0 Å². The number of esters is 2. The topological polar surface area (TPSA) is 119 Å². The average Bonchev–Trinajstić information content (AvgIpc) is 2.61. The summed E-state index contributed by atoms with van der Waals surface area (Å²) in [5.41, 5.74) is 0.0959. The number of ether oxygens (including phenoxy) is 2. The Balaban J connectivity index is 2.96. The Kier molecular flexibility index (Phi) is 9.00. The van der Waals surface area contributed by atoms with Crippen LogP contribution < -0.4 is 5.32 Å². The average molecular weight is 401 g/mol. The maximum absolute atomic E-state index is 13.2. The molecule has 2 atom stereocenters. The number of hydrogen-bond donors (Lipinski definition) is 2. The predicted molar refractivity (Wildman–Crippen MR) is 91.0 cm³/mol. The van der Waals surface area contributed by atoms with Crippen LogP contribution in [0.4, 0.5) is 8.78 Å². The molecule has 0 aliphatic carbocycles. The number of hydrogen-bond acceptors (Lipinski definition) is 6. The maximum atomic E-state index is 13.2. The number of carbonyl (C=O) groups is 4. The van der Waals surface area contributed by atoms with Gasteiger partial charge in [0.25, 0.3) is 0 Å². The van der Waals surface area contributed by atoms with E-state index in [0.29, 0.717) is 0 Å². The molecule has 0 aromatic heterocycles. The lowest BCUT2D eigenvalue weighted by Gasteiger charge is -2.22. The van der Waals surface area contributed by atoms with Crippen molar-refractivity contribution in [2.45, 2.75) is 32.7 Å². The molecule has 10 heteroatoms. The predicted octanol–water partition coefficient (Wildman–Crippen LogP) is 1.21. The van der Waals surface area contributed by atoms with E-state index >= 15 is 0 Å². The first kappa shape index (κ1) is 23.0.